The van der Waals surface area contributed by atoms with Gasteiger partial charge >= 0.3 is 0 Å². The van der Waals surface area contributed by atoms with Gasteiger partial charge in [0.1, 0.15) is 5.82 Å². The Morgan fingerprint density at radius 1 is 1.22 bits per heavy atom. The summed E-state index contributed by atoms with van der Waals surface area (Å²) in [5, 5.41) is 13.9. The van der Waals surface area contributed by atoms with Crippen molar-refractivity contribution in [3.63, 3.8) is 0 Å². The second-order valence-corrected chi connectivity index (χ2v) is 10.2. The summed E-state index contributed by atoms with van der Waals surface area (Å²) in [6, 6.07) is 6.16. The maximum atomic E-state index is 13.0. The third-order valence-electron chi connectivity index (χ3n) is 6.89. The van der Waals surface area contributed by atoms with Gasteiger partial charge in [-0.3, -0.25) is 14.3 Å². The lowest BCUT2D eigenvalue weighted by atomic mass is 9.72. The average Bonchev–Trinajstić information content (AvgIpc) is 3.15. The van der Waals surface area contributed by atoms with Crippen LogP contribution in [0.4, 0.5) is 4.39 Å². The van der Waals surface area contributed by atoms with E-state index in [9.17, 15) is 19.1 Å². The molecule has 3 heterocycles. The maximum Gasteiger partial charge on any atom is 0.257 e. The summed E-state index contributed by atoms with van der Waals surface area (Å²) in [5.74, 6) is -0.437. The molecule has 7 nitrogen and oxygen atoms in total. The first-order valence-corrected chi connectivity index (χ1v) is 11.1. The monoisotopic (exact) mass is 442 g/mol. The van der Waals surface area contributed by atoms with E-state index in [2.05, 4.69) is 18.9 Å². The zero-order chi connectivity index (χ0) is 22.9. The van der Waals surface area contributed by atoms with Crippen molar-refractivity contribution >= 4 is 12.3 Å². The first kappa shape index (κ1) is 22.5. The molecule has 1 unspecified atom stereocenters. The van der Waals surface area contributed by atoms with Gasteiger partial charge in [-0.25, -0.2) is 4.39 Å². The van der Waals surface area contributed by atoms with Gasteiger partial charge in [0.25, 0.3) is 5.91 Å². The zero-order valence-electron chi connectivity index (χ0n) is 18.7. The van der Waals surface area contributed by atoms with Gasteiger partial charge in [-0.1, -0.05) is 26.0 Å². The van der Waals surface area contributed by atoms with E-state index in [1.54, 1.807) is 32.8 Å². The quantitative estimate of drug-likeness (QED) is 0.722. The van der Waals surface area contributed by atoms with Gasteiger partial charge in [0.05, 0.1) is 18.3 Å². The highest BCUT2D eigenvalue weighted by Crippen LogP contribution is 2.44. The van der Waals surface area contributed by atoms with Gasteiger partial charge < -0.3 is 14.9 Å². The second-order valence-electron chi connectivity index (χ2n) is 10.2. The van der Waals surface area contributed by atoms with Crippen molar-refractivity contribution in [2.24, 2.45) is 16.7 Å². The number of rotatable bonds is 5. The second kappa shape index (κ2) is 8.65. The fourth-order valence-corrected chi connectivity index (χ4v) is 4.40. The molecule has 32 heavy (non-hydrogen) atoms. The molecule has 1 saturated carbocycles. The Balaban J connectivity index is 0.000000433. The molecule has 1 aliphatic carbocycles. The van der Waals surface area contributed by atoms with Crippen molar-refractivity contribution in [1.82, 2.24) is 19.6 Å². The number of carbonyl (C=O) groups excluding carboxylic acids is 2. The number of benzene rings is 1. The van der Waals surface area contributed by atoms with Gasteiger partial charge in [-0.2, -0.15) is 5.10 Å². The van der Waals surface area contributed by atoms with E-state index in [1.165, 1.54) is 31.2 Å². The largest absolute Gasteiger partial charge is 0.396 e. The number of hydrogen-bond donors (Lipinski definition) is 1. The molecule has 1 N–H and O–H groups in total. The minimum absolute atomic E-state index is 0.000303. The van der Waals surface area contributed by atoms with Gasteiger partial charge in [-0.05, 0) is 36.0 Å². The Morgan fingerprint density at radius 2 is 1.88 bits per heavy atom. The molecule has 2 aliphatic heterocycles. The minimum atomic E-state index is -0.291. The number of aliphatic hydroxyl groups excluding tert-OH is 1. The highest BCUT2D eigenvalue weighted by Gasteiger charge is 2.54. The number of amides is 2. The highest BCUT2D eigenvalue weighted by atomic mass is 19.1. The number of aromatic nitrogens is 2. The van der Waals surface area contributed by atoms with E-state index in [0.717, 1.165) is 17.4 Å². The van der Waals surface area contributed by atoms with Crippen molar-refractivity contribution in [3.8, 4) is 0 Å². The van der Waals surface area contributed by atoms with Crippen LogP contribution in [0.15, 0.2) is 36.7 Å². The van der Waals surface area contributed by atoms with Gasteiger partial charge in [0.2, 0.25) is 6.41 Å². The fraction of sp³-hybridized carbons (Fsp3) is 0.542. The summed E-state index contributed by atoms with van der Waals surface area (Å²) >= 11 is 0. The Labute approximate surface area is 187 Å². The molecule has 1 atom stereocenters. The van der Waals surface area contributed by atoms with Crippen molar-refractivity contribution < 1.29 is 19.1 Å². The number of nitrogens with zero attached hydrogens (tertiary/aromatic N) is 4. The lowest BCUT2D eigenvalue weighted by Crippen LogP contribution is -2.60. The highest BCUT2D eigenvalue weighted by molar-refractivity contribution is 5.94. The normalized spacial score (nSPS) is 22.2. The van der Waals surface area contributed by atoms with Crippen LogP contribution in [0.1, 0.15) is 42.6 Å². The summed E-state index contributed by atoms with van der Waals surface area (Å²) in [6.45, 7) is 7.21. The predicted molar refractivity (Wildman–Crippen MR) is 117 cm³/mol. The molecule has 1 spiro atoms. The summed E-state index contributed by atoms with van der Waals surface area (Å²) < 4.78 is 14.6. The molecule has 3 fully saturated rings. The number of likely N-dealkylation sites (tertiary alicyclic amines) is 2. The summed E-state index contributed by atoms with van der Waals surface area (Å²) in [5.41, 5.74) is 1.93. The van der Waals surface area contributed by atoms with Crippen LogP contribution in [0.5, 0.6) is 0 Å². The fourth-order valence-electron chi connectivity index (χ4n) is 4.40. The Hall–Kier alpha value is -2.74. The molecule has 3 aliphatic rings. The topological polar surface area (TPSA) is 78.7 Å². The molecule has 1 aromatic carbocycles. The van der Waals surface area contributed by atoms with E-state index in [1.807, 2.05) is 0 Å². The number of aliphatic hydroxyl groups is 1. The molecule has 1 aromatic heterocycles. The lowest BCUT2D eigenvalue weighted by Gasteiger charge is -2.48. The van der Waals surface area contributed by atoms with Crippen molar-refractivity contribution in [2.75, 3.05) is 32.8 Å². The van der Waals surface area contributed by atoms with E-state index in [4.69, 9.17) is 0 Å². The van der Waals surface area contributed by atoms with E-state index in [0.29, 0.717) is 38.3 Å². The summed E-state index contributed by atoms with van der Waals surface area (Å²) in [6.07, 6.45) is 6.93. The molecule has 2 saturated heterocycles. The molecule has 5 rings (SSSR count). The number of halogens is 1. The Kier molecular flexibility index (Phi) is 6.07. The molecular formula is C24H31FN4O3. The SMILES string of the molecule is CC1(C)CC1.O=CN1CC2(C1)CN(C(=O)c1cnn(Cc3ccc(F)cc3)c1)CC2CO. The van der Waals surface area contributed by atoms with Crippen LogP contribution < -0.4 is 0 Å². The minimum Gasteiger partial charge on any atom is -0.396 e. The van der Waals surface area contributed by atoms with Gasteiger partial charge in [-0.15, -0.1) is 0 Å². The van der Waals surface area contributed by atoms with E-state index >= 15 is 0 Å². The smallest absolute Gasteiger partial charge is 0.257 e. The van der Waals surface area contributed by atoms with E-state index in [-0.39, 0.29) is 29.7 Å². The van der Waals surface area contributed by atoms with Crippen LogP contribution in [0.25, 0.3) is 0 Å². The third-order valence-corrected chi connectivity index (χ3v) is 6.89. The first-order valence-electron chi connectivity index (χ1n) is 11.1. The molecule has 2 amide bonds. The molecule has 8 heteroatoms. The Morgan fingerprint density at radius 3 is 2.44 bits per heavy atom. The molecule has 2 aromatic rings. The standard InChI is InChI=1S/C19H21FN4O3.C5H10/c20-17-3-1-14(2-4-17)6-24-7-15(5-21-24)18(27)23-8-16(9-25)19(12-23)10-22(11-19)13-26;1-5(2)3-4-5/h1-5,7,13,16,25H,6,8-12H2;3-4H2,1-2H3. The molecule has 172 valence electrons. The van der Waals surface area contributed by atoms with E-state index < -0.39 is 0 Å². The van der Waals surface area contributed by atoms with Crippen molar-refractivity contribution in [2.45, 2.75) is 33.2 Å². The van der Waals surface area contributed by atoms with Crippen LogP contribution in [0, 0.1) is 22.6 Å². The predicted octanol–water partition coefficient (Wildman–Crippen LogP) is 2.40. The third kappa shape index (κ3) is 4.85. The number of hydrogen-bond acceptors (Lipinski definition) is 4. The summed E-state index contributed by atoms with van der Waals surface area (Å²) in [7, 11) is 0. The van der Waals surface area contributed by atoms with Crippen LogP contribution in [0.2, 0.25) is 0 Å². The Bertz CT molecular complexity index is 960. The molecule has 0 bridgehead atoms. The zero-order valence-corrected chi connectivity index (χ0v) is 18.7. The van der Waals surface area contributed by atoms with Gasteiger partial charge in [0, 0.05) is 50.3 Å². The van der Waals surface area contributed by atoms with Crippen LogP contribution in [-0.2, 0) is 11.3 Å². The number of carbonyl (C=O) groups is 2. The maximum absolute atomic E-state index is 13.0. The van der Waals surface area contributed by atoms with Crippen LogP contribution in [-0.4, -0.2) is 69.8 Å². The summed E-state index contributed by atoms with van der Waals surface area (Å²) in [4.78, 5) is 27.1. The first-order chi connectivity index (χ1) is 15.2. The van der Waals surface area contributed by atoms with Crippen LogP contribution >= 0.6 is 0 Å². The lowest BCUT2D eigenvalue weighted by molar-refractivity contribution is -0.131. The van der Waals surface area contributed by atoms with Crippen LogP contribution in [0.3, 0.4) is 0 Å². The van der Waals surface area contributed by atoms with Crippen molar-refractivity contribution in [1.29, 1.82) is 0 Å². The molecule has 0 radical (unpaired) electrons. The van der Waals surface area contributed by atoms with Crippen molar-refractivity contribution in [3.05, 3.63) is 53.6 Å². The molecular weight excluding hydrogens is 411 g/mol. The van der Waals surface area contributed by atoms with Gasteiger partial charge in [0.15, 0.2) is 0 Å². The average molecular weight is 443 g/mol.